The highest BCUT2D eigenvalue weighted by Gasteiger charge is 2.36. The molecule has 0 aromatic heterocycles. The number of aliphatic hydroxyl groups excluding tert-OH is 1. The molecule has 332 valence electrons. The van der Waals surface area contributed by atoms with Gasteiger partial charge in [0, 0.05) is 31.5 Å². The lowest BCUT2D eigenvalue weighted by molar-refractivity contribution is -0.310. The van der Waals surface area contributed by atoms with Gasteiger partial charge in [-0.05, 0) is 95.2 Å². The van der Waals surface area contributed by atoms with Crippen LogP contribution in [0.4, 0.5) is 4.39 Å². The Hall–Kier alpha value is -5.15. The molecule has 0 aliphatic carbocycles. The number of hydrogen-bond donors (Lipinski definition) is 5. The normalized spacial score (nSPS) is 17.9. The molecule has 1 aliphatic heterocycles. The number of phenols is 1. The van der Waals surface area contributed by atoms with Crippen molar-refractivity contribution >= 4 is 35.4 Å². The summed E-state index contributed by atoms with van der Waals surface area (Å²) in [6.45, 7) is 12.4. The maximum atomic E-state index is 14.2. The summed E-state index contributed by atoms with van der Waals surface area (Å²) in [4.78, 5) is 76.9. The molecule has 15 heteroatoms. The molecule has 1 heterocycles. The van der Waals surface area contributed by atoms with E-state index in [0.717, 1.165) is 42.0 Å². The van der Waals surface area contributed by atoms with Gasteiger partial charge in [0.05, 0.1) is 30.1 Å². The molecule has 14 nitrogen and oxygen atoms in total. The lowest BCUT2D eigenvalue weighted by Gasteiger charge is -2.37. The summed E-state index contributed by atoms with van der Waals surface area (Å²) in [6, 6.07) is -0.541. The fraction of sp³-hybridized carbons (Fsp3) is 0.556. The molecule has 1 aromatic carbocycles. The Kier molecular flexibility index (Phi) is 22.2. The van der Waals surface area contributed by atoms with Crippen LogP contribution in [0.5, 0.6) is 5.75 Å². The number of rotatable bonds is 24. The van der Waals surface area contributed by atoms with Gasteiger partial charge in [0.2, 0.25) is 11.8 Å². The molecule has 2 rings (SSSR count). The van der Waals surface area contributed by atoms with Crippen molar-refractivity contribution in [3.63, 3.8) is 0 Å². The number of aliphatic hydroxyl groups is 1. The minimum absolute atomic E-state index is 0.0114. The number of benzene rings is 1. The van der Waals surface area contributed by atoms with Crippen LogP contribution in [0.15, 0.2) is 66.3 Å². The molecule has 0 spiro atoms. The zero-order valence-electron chi connectivity index (χ0n) is 35.9. The van der Waals surface area contributed by atoms with E-state index in [9.17, 15) is 48.5 Å². The number of carboxylic acid groups (broad SMARTS) is 1. The molecular formula is C45H64FN4O10-. The first-order valence-electron chi connectivity index (χ1n) is 20.7. The van der Waals surface area contributed by atoms with Crippen molar-refractivity contribution in [1.29, 1.82) is 0 Å². The standard InChI is InChI=1S/C45H65FN4O10/c1-8-32(7)60-39(53)20-14-17-29(4)16-12-10-9-11-13-18-30(5)41(54)36(22-21-31(6)51)42(55)48-40(28(2)3)43(56)47-38(26-33-24-34(46)27-35(52)25-33)44(57)50-23-15-19-37(49-50)45(58)59/h9-11,13-14,17,20,24-25,27-28,30,32,36-38,40-41,49,52,54H,8,12,15-16,18-19,21-23,26H2,1-7H3,(H,47,56)(H,48,55)(H,58,59)/p-1/b10-9+,13-11+,20-14+,29-17+/t30-,32?,36+,37?,38?,40-,41+/m0/s1. The minimum Gasteiger partial charge on any atom is -0.548 e. The maximum absolute atomic E-state index is 14.2. The van der Waals surface area contributed by atoms with Gasteiger partial charge in [0.25, 0.3) is 5.91 Å². The summed E-state index contributed by atoms with van der Waals surface area (Å²) in [5.41, 5.74) is 3.86. The first-order valence-corrected chi connectivity index (χ1v) is 20.7. The predicted molar refractivity (Wildman–Crippen MR) is 223 cm³/mol. The first kappa shape index (κ1) is 51.0. The third kappa shape index (κ3) is 18.4. The van der Waals surface area contributed by atoms with Crippen molar-refractivity contribution < 1.29 is 53.2 Å². The predicted octanol–water partition coefficient (Wildman–Crippen LogP) is 4.05. The number of carbonyl (C=O) groups is 6. The summed E-state index contributed by atoms with van der Waals surface area (Å²) >= 11 is 0. The lowest BCUT2D eigenvalue weighted by atomic mass is 9.85. The van der Waals surface area contributed by atoms with E-state index in [4.69, 9.17) is 4.74 Å². The summed E-state index contributed by atoms with van der Waals surface area (Å²) in [5.74, 6) is -7.30. The zero-order chi connectivity index (χ0) is 44.9. The van der Waals surface area contributed by atoms with Crippen LogP contribution in [0.3, 0.4) is 0 Å². The molecule has 7 atom stereocenters. The first-order chi connectivity index (χ1) is 28.3. The quantitative estimate of drug-likeness (QED) is 0.0569. The van der Waals surface area contributed by atoms with Crippen LogP contribution in [0, 0.1) is 23.6 Å². The number of aromatic hydroxyl groups is 1. The van der Waals surface area contributed by atoms with E-state index in [1.165, 1.54) is 19.1 Å². The van der Waals surface area contributed by atoms with Gasteiger partial charge >= 0.3 is 5.97 Å². The van der Waals surface area contributed by atoms with Crippen molar-refractivity contribution in [2.45, 2.75) is 137 Å². The number of hydrogen-bond acceptors (Lipinski definition) is 11. The fourth-order valence-electron chi connectivity index (χ4n) is 6.45. The minimum atomic E-state index is -1.41. The number of carboxylic acids is 1. The number of aliphatic carboxylic acids is 1. The second-order valence-electron chi connectivity index (χ2n) is 15.9. The van der Waals surface area contributed by atoms with Gasteiger partial charge in [-0.15, -0.1) is 0 Å². The van der Waals surface area contributed by atoms with Gasteiger partial charge in [-0.2, -0.15) is 0 Å². The van der Waals surface area contributed by atoms with Gasteiger partial charge in [-0.25, -0.2) is 14.6 Å². The summed E-state index contributed by atoms with van der Waals surface area (Å²) < 4.78 is 19.4. The molecule has 0 saturated carbocycles. The largest absolute Gasteiger partial charge is 0.548 e. The van der Waals surface area contributed by atoms with Crippen LogP contribution in [0.1, 0.15) is 105 Å². The number of phenolic OH excluding ortho intramolecular Hbond substituents is 1. The number of esters is 1. The number of allylic oxidation sites excluding steroid dienone is 7. The Morgan fingerprint density at radius 2 is 1.70 bits per heavy atom. The van der Waals surface area contributed by atoms with Crippen molar-refractivity contribution in [3.8, 4) is 5.75 Å². The Labute approximate surface area is 353 Å². The Bertz CT molecular complexity index is 1720. The molecule has 1 aliphatic rings. The lowest BCUT2D eigenvalue weighted by Crippen LogP contribution is -2.63. The number of ether oxygens (including phenoxy) is 1. The van der Waals surface area contributed by atoms with Crippen molar-refractivity contribution in [2.75, 3.05) is 6.54 Å². The van der Waals surface area contributed by atoms with Crippen LogP contribution < -0.4 is 21.2 Å². The van der Waals surface area contributed by atoms with Gasteiger partial charge in [0.15, 0.2) is 0 Å². The molecule has 1 aromatic rings. The number of ketones is 1. The number of nitrogens with zero attached hydrogens (tertiary/aromatic N) is 1. The maximum Gasteiger partial charge on any atom is 0.331 e. The zero-order valence-corrected chi connectivity index (χ0v) is 35.9. The Morgan fingerprint density at radius 3 is 2.33 bits per heavy atom. The SMILES string of the molecule is CCC(C)OC(=O)/C=C/C=C(\C)CC/C=C/C=C/C[C@H](C)[C@@H](O)[C@@H](CCC(C)=O)C(=O)N[C@H](C(=O)NC(Cc1cc(O)cc(F)c1)C(=O)N1CCCC(C(=O)[O-])N1)C(C)C. The summed E-state index contributed by atoms with van der Waals surface area (Å²) in [6.07, 6.45) is 14.2. The molecule has 60 heavy (non-hydrogen) atoms. The molecule has 1 saturated heterocycles. The van der Waals surface area contributed by atoms with E-state index < -0.39 is 77.2 Å². The van der Waals surface area contributed by atoms with E-state index in [0.29, 0.717) is 12.8 Å². The van der Waals surface area contributed by atoms with Crippen LogP contribution >= 0.6 is 0 Å². The number of Topliss-reactive ketones (excluding diaryl/α,β-unsaturated/α-hetero) is 1. The van der Waals surface area contributed by atoms with E-state index >= 15 is 0 Å². The van der Waals surface area contributed by atoms with Crippen LogP contribution in [0.2, 0.25) is 0 Å². The van der Waals surface area contributed by atoms with Crippen molar-refractivity contribution in [1.82, 2.24) is 21.1 Å². The van der Waals surface area contributed by atoms with Crippen LogP contribution in [0.25, 0.3) is 0 Å². The average molecular weight is 840 g/mol. The monoisotopic (exact) mass is 839 g/mol. The van der Waals surface area contributed by atoms with Crippen molar-refractivity contribution in [2.24, 2.45) is 17.8 Å². The molecule has 0 radical (unpaired) electrons. The van der Waals surface area contributed by atoms with Gasteiger partial charge in [-0.1, -0.05) is 69.7 Å². The molecule has 1 fully saturated rings. The van der Waals surface area contributed by atoms with Crippen LogP contribution in [-0.4, -0.2) is 87.5 Å². The molecule has 0 bridgehead atoms. The average Bonchev–Trinajstić information content (AvgIpc) is 3.18. The summed E-state index contributed by atoms with van der Waals surface area (Å²) in [5, 5.41) is 39.4. The summed E-state index contributed by atoms with van der Waals surface area (Å²) in [7, 11) is 0. The number of amides is 3. The third-order valence-electron chi connectivity index (χ3n) is 10.2. The smallest absolute Gasteiger partial charge is 0.331 e. The molecule has 5 N–H and O–H groups in total. The van der Waals surface area contributed by atoms with Gasteiger partial charge in [-0.3, -0.25) is 19.4 Å². The molecule has 3 amide bonds. The van der Waals surface area contributed by atoms with Gasteiger partial charge < -0.3 is 40.3 Å². The molecular weight excluding hydrogens is 776 g/mol. The number of carbonyl (C=O) groups excluding carboxylic acids is 6. The number of halogens is 1. The van der Waals surface area contributed by atoms with Crippen LogP contribution in [-0.2, 0) is 39.9 Å². The Balaban J connectivity index is 2.14. The second kappa shape index (κ2) is 26.1. The number of nitrogens with one attached hydrogen (secondary N) is 3. The van der Waals surface area contributed by atoms with E-state index in [1.54, 1.807) is 26.8 Å². The van der Waals surface area contributed by atoms with E-state index in [-0.39, 0.29) is 55.6 Å². The van der Waals surface area contributed by atoms with E-state index in [2.05, 4.69) is 16.1 Å². The molecule has 3 unspecified atom stereocenters. The highest BCUT2D eigenvalue weighted by molar-refractivity contribution is 5.93. The second-order valence-corrected chi connectivity index (χ2v) is 15.9. The fourth-order valence-corrected chi connectivity index (χ4v) is 6.45. The topological polar surface area (TPSA) is 214 Å². The van der Waals surface area contributed by atoms with E-state index in [1.807, 2.05) is 51.2 Å². The Morgan fingerprint density at radius 1 is 1.00 bits per heavy atom. The third-order valence-corrected chi connectivity index (χ3v) is 10.2. The van der Waals surface area contributed by atoms with Crippen molar-refractivity contribution in [3.05, 3.63) is 77.7 Å². The highest BCUT2D eigenvalue weighted by atomic mass is 19.1. The highest BCUT2D eigenvalue weighted by Crippen LogP contribution is 2.23. The number of hydrazine groups is 1. The van der Waals surface area contributed by atoms with Gasteiger partial charge in [0.1, 0.15) is 29.4 Å².